The summed E-state index contributed by atoms with van der Waals surface area (Å²) in [5.41, 5.74) is 0.0444. The van der Waals surface area contributed by atoms with Crippen LogP contribution in [0.1, 0.15) is 47.0 Å². The van der Waals surface area contributed by atoms with Crippen LogP contribution < -0.4 is 10.6 Å². The van der Waals surface area contributed by atoms with Crippen molar-refractivity contribution < 1.29 is 9.53 Å². The van der Waals surface area contributed by atoms with Crippen molar-refractivity contribution in [3.63, 3.8) is 0 Å². The Morgan fingerprint density at radius 2 is 2.16 bits per heavy atom. The molecule has 0 aliphatic heterocycles. The maximum Gasteiger partial charge on any atom is 0.224 e. The van der Waals surface area contributed by atoms with Gasteiger partial charge in [-0.3, -0.25) is 4.79 Å². The quantitative estimate of drug-likeness (QED) is 0.663. The van der Waals surface area contributed by atoms with Gasteiger partial charge in [0.2, 0.25) is 5.91 Å². The van der Waals surface area contributed by atoms with Crippen LogP contribution in [-0.4, -0.2) is 38.3 Å². The van der Waals surface area contributed by atoms with Crippen molar-refractivity contribution >= 4 is 5.91 Å². The molecule has 3 unspecified atom stereocenters. The van der Waals surface area contributed by atoms with Gasteiger partial charge in [0, 0.05) is 30.5 Å². The first-order valence-electron chi connectivity index (χ1n) is 7.50. The number of hydrogen-bond donors (Lipinski definition) is 2. The molecule has 0 aromatic carbocycles. The van der Waals surface area contributed by atoms with E-state index in [-0.39, 0.29) is 29.4 Å². The molecular weight excluding hydrogens is 240 g/mol. The summed E-state index contributed by atoms with van der Waals surface area (Å²) >= 11 is 0. The molecule has 3 atom stereocenters. The number of nitrogens with one attached hydrogen (secondary N) is 2. The largest absolute Gasteiger partial charge is 0.378 e. The van der Waals surface area contributed by atoms with Gasteiger partial charge in [-0.15, -0.1) is 0 Å². The van der Waals surface area contributed by atoms with Crippen molar-refractivity contribution in [1.29, 1.82) is 0 Å². The zero-order valence-electron chi connectivity index (χ0n) is 13.1. The van der Waals surface area contributed by atoms with Gasteiger partial charge in [0.15, 0.2) is 0 Å². The van der Waals surface area contributed by atoms with Gasteiger partial charge in [0.05, 0.1) is 6.10 Å². The normalized spacial score (nSPS) is 26.6. The van der Waals surface area contributed by atoms with Crippen LogP contribution >= 0.6 is 0 Å². The third kappa shape index (κ3) is 4.18. The van der Waals surface area contributed by atoms with Gasteiger partial charge in [0.25, 0.3) is 0 Å². The molecule has 1 saturated carbocycles. The topological polar surface area (TPSA) is 50.4 Å². The molecule has 2 N–H and O–H groups in total. The van der Waals surface area contributed by atoms with Crippen molar-refractivity contribution in [2.24, 2.45) is 11.3 Å². The second-order valence-corrected chi connectivity index (χ2v) is 6.29. The molecule has 1 rings (SSSR count). The smallest absolute Gasteiger partial charge is 0.224 e. The first-order chi connectivity index (χ1) is 8.93. The lowest BCUT2D eigenvalue weighted by Gasteiger charge is -2.52. The highest BCUT2D eigenvalue weighted by Crippen LogP contribution is 2.42. The van der Waals surface area contributed by atoms with Crippen LogP contribution in [0.15, 0.2) is 0 Å². The maximum absolute atomic E-state index is 12.0. The van der Waals surface area contributed by atoms with Crippen LogP contribution in [0.3, 0.4) is 0 Å². The predicted octanol–water partition coefficient (Wildman–Crippen LogP) is 1.94. The molecule has 1 aliphatic carbocycles. The van der Waals surface area contributed by atoms with E-state index in [1.165, 1.54) is 0 Å². The molecule has 0 heterocycles. The summed E-state index contributed by atoms with van der Waals surface area (Å²) in [5, 5.41) is 6.19. The van der Waals surface area contributed by atoms with Crippen LogP contribution in [0.4, 0.5) is 0 Å². The minimum Gasteiger partial charge on any atom is -0.378 e. The molecule has 4 heteroatoms. The number of rotatable bonds is 8. The van der Waals surface area contributed by atoms with Gasteiger partial charge < -0.3 is 15.4 Å². The Balaban J connectivity index is 2.36. The molecule has 0 bridgehead atoms. The minimum absolute atomic E-state index is 0.0147. The number of ether oxygens (including phenoxy) is 1. The van der Waals surface area contributed by atoms with Crippen molar-refractivity contribution in [3.05, 3.63) is 0 Å². The molecule has 0 aromatic rings. The molecule has 0 saturated heterocycles. The summed E-state index contributed by atoms with van der Waals surface area (Å²) in [6.45, 7) is 10.0. The van der Waals surface area contributed by atoms with E-state index in [1.807, 2.05) is 14.0 Å². The average molecular weight is 270 g/mol. The second-order valence-electron chi connectivity index (χ2n) is 6.29. The van der Waals surface area contributed by atoms with E-state index >= 15 is 0 Å². The number of unbranched alkanes of at least 4 members (excludes halogenated alkanes) is 1. The van der Waals surface area contributed by atoms with Crippen molar-refractivity contribution in [1.82, 2.24) is 10.6 Å². The van der Waals surface area contributed by atoms with Gasteiger partial charge in [-0.1, -0.05) is 34.1 Å². The lowest BCUT2D eigenvalue weighted by atomic mass is 9.64. The molecular formula is C15H30N2O2. The third-order valence-electron chi connectivity index (χ3n) is 4.27. The Morgan fingerprint density at radius 3 is 2.68 bits per heavy atom. The Morgan fingerprint density at radius 1 is 1.47 bits per heavy atom. The Kier molecular flexibility index (Phi) is 6.27. The molecule has 1 aliphatic rings. The van der Waals surface area contributed by atoms with Crippen LogP contribution in [-0.2, 0) is 9.53 Å². The first-order valence-corrected chi connectivity index (χ1v) is 7.50. The van der Waals surface area contributed by atoms with Gasteiger partial charge >= 0.3 is 0 Å². The van der Waals surface area contributed by atoms with E-state index in [4.69, 9.17) is 4.74 Å². The molecule has 112 valence electrons. The molecule has 0 spiro atoms. The van der Waals surface area contributed by atoms with Crippen molar-refractivity contribution in [3.8, 4) is 0 Å². The lowest BCUT2D eigenvalue weighted by Crippen LogP contribution is -2.62. The summed E-state index contributed by atoms with van der Waals surface area (Å²) < 4.78 is 5.89. The predicted molar refractivity (Wildman–Crippen MR) is 78.1 cm³/mol. The fraction of sp³-hybridized carbons (Fsp3) is 0.933. The molecule has 0 radical (unpaired) electrons. The Bertz CT molecular complexity index is 292. The van der Waals surface area contributed by atoms with E-state index in [0.717, 1.165) is 32.4 Å². The van der Waals surface area contributed by atoms with E-state index in [9.17, 15) is 4.79 Å². The van der Waals surface area contributed by atoms with Gasteiger partial charge in [0.1, 0.15) is 0 Å². The average Bonchev–Trinajstić information content (AvgIpc) is 2.36. The summed E-state index contributed by atoms with van der Waals surface area (Å²) in [5.74, 6) is 0.153. The summed E-state index contributed by atoms with van der Waals surface area (Å²) in [4.78, 5) is 12.0. The molecule has 1 amide bonds. The second kappa shape index (κ2) is 7.25. The standard InChI is InChI=1S/C15H30N2O2/c1-6-7-8-19-13-9-12(15(13,3)4)17-14(18)11(2)10-16-5/h11-13,16H,6-10H2,1-5H3,(H,17,18). The number of hydrogen-bond acceptors (Lipinski definition) is 3. The van der Waals surface area contributed by atoms with E-state index in [1.54, 1.807) is 0 Å². The number of carbonyl (C=O) groups excluding carboxylic acids is 1. The van der Waals surface area contributed by atoms with Crippen LogP contribution in [0, 0.1) is 11.3 Å². The SMILES string of the molecule is CCCCOC1CC(NC(=O)C(C)CNC)C1(C)C. The van der Waals surface area contributed by atoms with Crippen molar-refractivity contribution in [2.75, 3.05) is 20.2 Å². The fourth-order valence-electron chi connectivity index (χ4n) is 2.50. The number of amides is 1. The monoisotopic (exact) mass is 270 g/mol. The summed E-state index contributed by atoms with van der Waals surface area (Å²) in [6, 6.07) is 0.242. The molecule has 0 aromatic heterocycles. The fourth-order valence-corrected chi connectivity index (χ4v) is 2.50. The highest BCUT2D eigenvalue weighted by atomic mass is 16.5. The third-order valence-corrected chi connectivity index (χ3v) is 4.27. The summed E-state index contributed by atoms with van der Waals surface area (Å²) in [6.07, 6.45) is 3.50. The van der Waals surface area contributed by atoms with E-state index < -0.39 is 0 Å². The van der Waals surface area contributed by atoms with E-state index in [2.05, 4.69) is 31.4 Å². The lowest BCUT2D eigenvalue weighted by molar-refractivity contribution is -0.140. The highest BCUT2D eigenvalue weighted by Gasteiger charge is 2.49. The van der Waals surface area contributed by atoms with Crippen LogP contribution in [0.2, 0.25) is 0 Å². The molecule has 4 nitrogen and oxygen atoms in total. The van der Waals surface area contributed by atoms with Crippen molar-refractivity contribution in [2.45, 2.75) is 59.1 Å². The van der Waals surface area contributed by atoms with Gasteiger partial charge in [-0.2, -0.15) is 0 Å². The zero-order valence-corrected chi connectivity index (χ0v) is 13.1. The summed E-state index contributed by atoms with van der Waals surface area (Å²) in [7, 11) is 1.87. The maximum atomic E-state index is 12.0. The van der Waals surface area contributed by atoms with E-state index in [0.29, 0.717) is 0 Å². The minimum atomic E-state index is 0.0147. The molecule has 19 heavy (non-hydrogen) atoms. The number of carbonyl (C=O) groups is 1. The first kappa shape index (κ1) is 16.4. The Hall–Kier alpha value is -0.610. The zero-order chi connectivity index (χ0) is 14.5. The van der Waals surface area contributed by atoms with Gasteiger partial charge in [-0.05, 0) is 19.9 Å². The van der Waals surface area contributed by atoms with Crippen LogP contribution in [0.5, 0.6) is 0 Å². The highest BCUT2D eigenvalue weighted by molar-refractivity contribution is 5.79. The van der Waals surface area contributed by atoms with Crippen LogP contribution in [0.25, 0.3) is 0 Å². The molecule has 1 fully saturated rings. The Labute approximate surface area is 117 Å². The van der Waals surface area contributed by atoms with Gasteiger partial charge in [-0.25, -0.2) is 0 Å².